The summed E-state index contributed by atoms with van der Waals surface area (Å²) in [7, 11) is 0. The molecule has 5 heterocycles. The van der Waals surface area contributed by atoms with Crippen molar-refractivity contribution in [3.05, 3.63) is 390 Å². The average molecular weight is 1620 g/mol. The third-order valence-electron chi connectivity index (χ3n) is 16.4. The number of anilines is 5. The third kappa shape index (κ3) is 27.4. The molecule has 0 saturated heterocycles. The van der Waals surface area contributed by atoms with E-state index >= 15 is 0 Å². The molecule has 15 aromatic rings. The fourth-order valence-corrected chi connectivity index (χ4v) is 10.9. The molecule has 15 rings (SSSR count). The van der Waals surface area contributed by atoms with Crippen LogP contribution in [0.2, 0.25) is 0 Å². The lowest BCUT2D eigenvalue weighted by molar-refractivity contribution is 0.101. The molecule has 0 bridgehead atoms. The van der Waals surface area contributed by atoms with Crippen molar-refractivity contribution >= 4 is 58.0 Å². The number of aryl methyl sites for hydroxylation is 3. The number of aromatic nitrogens is 10. The maximum Gasteiger partial charge on any atom is 0.255 e. The molecule has 28 heteroatoms. The van der Waals surface area contributed by atoms with Gasteiger partial charge in [0.2, 0.25) is 0 Å². The van der Waals surface area contributed by atoms with Crippen LogP contribution in [0.4, 0.5) is 28.4 Å². The van der Waals surface area contributed by atoms with E-state index in [1.54, 1.807) is 195 Å². The first-order chi connectivity index (χ1) is 59.9. The predicted octanol–water partition coefficient (Wildman–Crippen LogP) is 18.1. The first-order valence-corrected chi connectivity index (χ1v) is 36.8. The first kappa shape index (κ1) is 85.4. The Labute approximate surface area is 705 Å². The molecule has 5 amide bonds. The summed E-state index contributed by atoms with van der Waals surface area (Å²) in [5.41, 5.74) is 10.6. The molecule has 123 heavy (non-hydrogen) atoms. The lowest BCUT2D eigenvalue weighted by Crippen LogP contribution is -2.12. The highest BCUT2D eigenvalue weighted by atomic mass is 16.5. The molecule has 0 spiro atoms. The lowest BCUT2D eigenvalue weighted by Gasteiger charge is -2.10. The molecule has 0 atom stereocenters. The van der Waals surface area contributed by atoms with Gasteiger partial charge in [0.1, 0.15) is 60.4 Å². The largest absolute Gasteiger partial charge is 0.454 e. The molecule has 28 nitrogen and oxygen atoms in total. The van der Waals surface area contributed by atoms with Gasteiger partial charge in [-0.05, 0) is 154 Å². The summed E-state index contributed by atoms with van der Waals surface area (Å²) in [6.45, 7) is 5.79. The minimum Gasteiger partial charge on any atom is -0.454 e. The molecular formula is C95H68N18O10. The SMILES string of the molecule is C#Cc1cccc(C(=O)Nc2cc(C#N)cc(Oc3cncnc3)c2)c1.C#Cc1cccc(C(=O)Nc2cccc(Oc3cncnc3)c2)c1.Cc1cccc(C(=O)Nc2cc(C#N)cc(Oc3cncnc3)c2)c1.Cc1cccc(C(=O)Nc2cc(C#N)cc(Oc3cncnc3)c2)c1.Cc1cccc(C(=O)Nc2cccc(Oc3cncnc3)c2)c1. The fraction of sp³-hybridized carbons (Fsp3) is 0.0316. The smallest absolute Gasteiger partial charge is 0.255 e. The Balaban J connectivity index is 0.000000150. The van der Waals surface area contributed by atoms with Gasteiger partial charge in [0, 0.05) is 97.7 Å². The molecule has 0 radical (unpaired) electrons. The van der Waals surface area contributed by atoms with Gasteiger partial charge in [-0.15, -0.1) is 12.8 Å². The van der Waals surface area contributed by atoms with Crippen LogP contribution in [0.25, 0.3) is 0 Å². The average Bonchev–Trinajstić information content (AvgIpc) is 0.847. The summed E-state index contributed by atoms with van der Waals surface area (Å²) in [5.74, 6) is 8.46. The molecule has 5 N–H and O–H groups in total. The van der Waals surface area contributed by atoms with Crippen LogP contribution in [-0.2, 0) is 0 Å². The van der Waals surface area contributed by atoms with E-state index in [0.717, 1.165) is 16.7 Å². The van der Waals surface area contributed by atoms with Crippen molar-refractivity contribution in [3.63, 3.8) is 0 Å². The van der Waals surface area contributed by atoms with Crippen molar-refractivity contribution in [1.82, 2.24) is 49.8 Å². The topological polar surface area (TPSA) is 392 Å². The number of terminal acetylenes is 2. The van der Waals surface area contributed by atoms with Crippen molar-refractivity contribution in [2.24, 2.45) is 0 Å². The standard InChI is InChI=1S/C20H12N4O2.2C19H14N4O2.C19H13N3O2.C18H15N3O2/c1-2-14-4-3-5-16(6-14)20(25)24-17-7-15(10-21)8-18(9-17)26-19-11-22-13-23-12-19;2*1-13-3-2-4-15(5-13)19(24)23-16-6-14(9-20)7-17(8-16)25-18-10-21-12-22-11-18;1-2-14-5-3-6-15(9-14)19(23)22-16-7-4-8-17(10-16)24-18-11-20-13-21-12-18;1-13-4-2-5-14(8-13)18(22)21-15-6-3-7-16(9-15)23-17-10-19-12-20-11-17/h1,3-9,11-13H,(H,24,25);2*2-8,10-12H,1H3,(H,23,24);1,3-13H,(H,22,23);2-12H,1H3,(H,21,22). The van der Waals surface area contributed by atoms with E-state index in [0.29, 0.717) is 142 Å². The summed E-state index contributed by atoms with van der Waals surface area (Å²) in [6.07, 6.45) is 33.0. The Kier molecular flexibility index (Phi) is 30.5. The number of carbonyl (C=O) groups is 5. The van der Waals surface area contributed by atoms with Crippen LogP contribution in [0.15, 0.2) is 318 Å². The zero-order valence-corrected chi connectivity index (χ0v) is 65.6. The van der Waals surface area contributed by atoms with Crippen LogP contribution in [0, 0.1) is 79.5 Å². The fourth-order valence-electron chi connectivity index (χ4n) is 10.9. The van der Waals surface area contributed by atoms with Crippen molar-refractivity contribution in [1.29, 1.82) is 15.8 Å². The third-order valence-corrected chi connectivity index (χ3v) is 16.4. The number of benzene rings is 10. The maximum atomic E-state index is 12.4. The number of ether oxygens (including phenoxy) is 5. The summed E-state index contributed by atoms with van der Waals surface area (Å²) in [5, 5.41) is 41.6. The van der Waals surface area contributed by atoms with E-state index in [2.05, 4.69) is 100 Å². The number of nitrogens with one attached hydrogen (secondary N) is 5. The normalized spacial score (nSPS) is 9.87. The van der Waals surface area contributed by atoms with Crippen molar-refractivity contribution in [2.45, 2.75) is 20.8 Å². The molecule has 0 aliphatic rings. The zero-order chi connectivity index (χ0) is 86.5. The molecule has 5 aromatic heterocycles. The second kappa shape index (κ2) is 43.9. The van der Waals surface area contributed by atoms with Gasteiger partial charge in [0.25, 0.3) is 29.5 Å². The molecule has 0 fully saturated rings. The Morgan fingerprint density at radius 2 is 0.480 bits per heavy atom. The van der Waals surface area contributed by atoms with Gasteiger partial charge in [-0.2, -0.15) is 15.8 Å². The lowest BCUT2D eigenvalue weighted by atomic mass is 10.1. The van der Waals surface area contributed by atoms with Crippen LogP contribution in [0.1, 0.15) is 96.3 Å². The van der Waals surface area contributed by atoms with Crippen molar-refractivity contribution < 1.29 is 47.7 Å². The second-order valence-corrected chi connectivity index (χ2v) is 25.8. The van der Waals surface area contributed by atoms with E-state index in [9.17, 15) is 39.8 Å². The molecule has 598 valence electrons. The van der Waals surface area contributed by atoms with E-state index < -0.39 is 0 Å². The van der Waals surface area contributed by atoms with Crippen LogP contribution < -0.4 is 50.3 Å². The highest BCUT2D eigenvalue weighted by Gasteiger charge is 2.16. The number of hydrogen-bond acceptors (Lipinski definition) is 23. The summed E-state index contributed by atoms with van der Waals surface area (Å²) in [6, 6.07) is 70.3. The van der Waals surface area contributed by atoms with Gasteiger partial charge >= 0.3 is 0 Å². The van der Waals surface area contributed by atoms with Crippen molar-refractivity contribution in [2.75, 3.05) is 26.6 Å². The highest BCUT2D eigenvalue weighted by Crippen LogP contribution is 2.31. The Morgan fingerprint density at radius 3 is 0.732 bits per heavy atom. The summed E-state index contributed by atoms with van der Waals surface area (Å²) < 4.78 is 28.2. The van der Waals surface area contributed by atoms with Gasteiger partial charge in [0.15, 0.2) is 28.7 Å². The Morgan fingerprint density at radius 1 is 0.252 bits per heavy atom. The molecule has 0 saturated carbocycles. The first-order valence-electron chi connectivity index (χ1n) is 36.8. The van der Waals surface area contributed by atoms with Crippen LogP contribution in [0.3, 0.4) is 0 Å². The van der Waals surface area contributed by atoms with E-state index in [-0.39, 0.29) is 29.5 Å². The number of nitriles is 3. The number of hydrogen-bond donors (Lipinski definition) is 5. The molecule has 0 aliphatic carbocycles. The maximum absolute atomic E-state index is 12.4. The molecule has 0 aliphatic heterocycles. The predicted molar refractivity (Wildman–Crippen MR) is 459 cm³/mol. The molecule has 10 aromatic carbocycles. The van der Waals surface area contributed by atoms with E-state index in [1.807, 2.05) is 81.4 Å². The minimum atomic E-state index is -0.341. The minimum absolute atomic E-state index is 0.158. The Bertz CT molecular complexity index is 6300. The van der Waals surface area contributed by atoms with Gasteiger partial charge in [-0.3, -0.25) is 24.0 Å². The van der Waals surface area contributed by atoms with Crippen molar-refractivity contribution in [3.8, 4) is 100 Å². The Hall–Kier alpha value is -18.5. The monoisotopic (exact) mass is 1620 g/mol. The summed E-state index contributed by atoms with van der Waals surface area (Å²) in [4.78, 5) is 101. The number of carbonyl (C=O) groups excluding carboxylic acids is 5. The quantitative estimate of drug-likeness (QED) is 0.0442. The van der Waals surface area contributed by atoms with Gasteiger partial charge in [-0.1, -0.05) is 89.2 Å². The zero-order valence-electron chi connectivity index (χ0n) is 65.6. The number of rotatable bonds is 20. The van der Waals surface area contributed by atoms with Gasteiger partial charge in [-0.25, -0.2) is 49.8 Å². The second-order valence-electron chi connectivity index (χ2n) is 25.8. The summed E-state index contributed by atoms with van der Waals surface area (Å²) >= 11 is 0. The van der Waals surface area contributed by atoms with E-state index in [4.69, 9.17) is 36.5 Å². The van der Waals surface area contributed by atoms with Crippen LogP contribution >= 0.6 is 0 Å². The van der Waals surface area contributed by atoms with E-state index in [1.165, 1.54) is 68.8 Å². The van der Waals surface area contributed by atoms with Gasteiger partial charge < -0.3 is 50.3 Å². The van der Waals surface area contributed by atoms with Crippen LogP contribution in [-0.4, -0.2) is 79.4 Å². The van der Waals surface area contributed by atoms with Crippen LogP contribution in [0.5, 0.6) is 57.5 Å². The molecule has 0 unspecified atom stereocenters. The number of nitrogens with zero attached hydrogens (tertiary/aromatic N) is 13. The van der Waals surface area contributed by atoms with Gasteiger partial charge in [0.05, 0.1) is 96.9 Å². The molecular weight excluding hydrogens is 1550 g/mol. The highest BCUT2D eigenvalue weighted by molar-refractivity contribution is 6.07. The number of amides is 5.